The maximum atomic E-state index is 12.3. The Morgan fingerprint density at radius 2 is 1.77 bits per heavy atom. The molecule has 0 radical (unpaired) electrons. The molecule has 2 aromatic carbocycles. The van der Waals surface area contributed by atoms with E-state index in [9.17, 15) is 18.0 Å². The molecule has 0 aliphatic rings. The number of benzene rings is 2. The lowest BCUT2D eigenvalue weighted by atomic mass is 10.2. The van der Waals surface area contributed by atoms with Crippen LogP contribution >= 0.6 is 0 Å². The second-order valence-corrected chi connectivity index (χ2v) is 9.10. The minimum absolute atomic E-state index is 0.00750. The van der Waals surface area contributed by atoms with E-state index in [1.807, 2.05) is 36.5 Å². The number of rotatable bonds is 7. The second kappa shape index (κ2) is 9.54. The van der Waals surface area contributed by atoms with E-state index >= 15 is 0 Å². The van der Waals surface area contributed by atoms with E-state index in [1.54, 1.807) is 10.9 Å². The van der Waals surface area contributed by atoms with Crippen molar-refractivity contribution < 1.29 is 18.0 Å². The fourth-order valence-corrected chi connectivity index (χ4v) is 3.69. The van der Waals surface area contributed by atoms with Gasteiger partial charge in [0.1, 0.15) is 0 Å². The molecule has 2 N–H and O–H groups in total. The van der Waals surface area contributed by atoms with Gasteiger partial charge < -0.3 is 0 Å². The van der Waals surface area contributed by atoms with Gasteiger partial charge in [-0.05, 0) is 42.3 Å². The lowest BCUT2D eigenvalue weighted by Gasteiger charge is -2.12. The molecule has 0 atom stereocenters. The number of sulfonamides is 1. The Kier molecular flexibility index (Phi) is 6.83. The summed E-state index contributed by atoms with van der Waals surface area (Å²) >= 11 is 0. The molecule has 3 rings (SSSR count). The molecule has 0 saturated carbocycles. The molecule has 0 bridgehead atoms. The van der Waals surface area contributed by atoms with E-state index in [1.165, 1.54) is 38.4 Å². The number of carbonyl (C=O) groups is 2. The monoisotopic (exact) mass is 441 g/mol. The number of aryl methyl sites for hydroxylation is 1. The molecule has 0 aliphatic carbocycles. The molecule has 0 spiro atoms. The number of para-hydroxylation sites is 1. The Morgan fingerprint density at radius 3 is 2.48 bits per heavy atom. The van der Waals surface area contributed by atoms with Crippen LogP contribution in [0.5, 0.6) is 0 Å². The first-order valence-electron chi connectivity index (χ1n) is 9.48. The van der Waals surface area contributed by atoms with E-state index in [4.69, 9.17) is 0 Å². The number of nitrogens with zero attached hydrogens (tertiary/aromatic N) is 3. The number of amides is 2. The minimum atomic E-state index is -3.66. The van der Waals surface area contributed by atoms with Crippen molar-refractivity contribution >= 4 is 21.8 Å². The summed E-state index contributed by atoms with van der Waals surface area (Å²) in [6.07, 6.45) is 4.13. The van der Waals surface area contributed by atoms with Crippen LogP contribution in [0.4, 0.5) is 0 Å². The van der Waals surface area contributed by atoms with Crippen LogP contribution in [0.15, 0.2) is 71.9 Å². The third-order valence-corrected chi connectivity index (χ3v) is 6.30. The fraction of sp³-hybridized carbons (Fsp3) is 0.190. The average molecular weight is 442 g/mol. The Hall–Kier alpha value is -3.50. The smallest absolute Gasteiger partial charge is 0.269 e. The number of hydrogen-bond acceptors (Lipinski definition) is 5. The molecular formula is C21H23N5O4S. The predicted octanol–water partition coefficient (Wildman–Crippen LogP) is 1.52. The SMILES string of the molecule is CN(C)S(=O)(=O)c1cccc(C(=O)NNC(=O)CCc2cnn(-c3ccccc3)c2)c1. The Balaban J connectivity index is 1.52. The van der Waals surface area contributed by atoms with Crippen LogP contribution in [0, 0.1) is 0 Å². The van der Waals surface area contributed by atoms with Crippen molar-refractivity contribution in [2.24, 2.45) is 0 Å². The first-order chi connectivity index (χ1) is 14.8. The van der Waals surface area contributed by atoms with Gasteiger partial charge in [-0.25, -0.2) is 17.4 Å². The molecule has 1 aromatic heterocycles. The predicted molar refractivity (Wildman–Crippen MR) is 115 cm³/mol. The quantitative estimate of drug-likeness (QED) is 0.540. The number of nitrogens with one attached hydrogen (secondary N) is 2. The summed E-state index contributed by atoms with van der Waals surface area (Å²) in [6, 6.07) is 15.2. The van der Waals surface area contributed by atoms with Gasteiger partial charge in [0.2, 0.25) is 15.9 Å². The maximum Gasteiger partial charge on any atom is 0.269 e. The largest absolute Gasteiger partial charge is 0.273 e. The Morgan fingerprint density at radius 1 is 1.03 bits per heavy atom. The summed E-state index contributed by atoms with van der Waals surface area (Å²) in [5.41, 5.74) is 6.57. The van der Waals surface area contributed by atoms with E-state index in [0.29, 0.717) is 6.42 Å². The summed E-state index contributed by atoms with van der Waals surface area (Å²) in [7, 11) is -0.846. The molecule has 0 unspecified atom stereocenters. The third kappa shape index (κ3) is 5.56. The van der Waals surface area contributed by atoms with Crippen LogP contribution in [-0.2, 0) is 21.2 Å². The van der Waals surface area contributed by atoms with Crippen LogP contribution in [-0.4, -0.2) is 48.4 Å². The number of carbonyl (C=O) groups excluding carboxylic acids is 2. The average Bonchev–Trinajstić information content (AvgIpc) is 3.25. The van der Waals surface area contributed by atoms with Gasteiger partial charge in [-0.15, -0.1) is 0 Å². The lowest BCUT2D eigenvalue weighted by Crippen LogP contribution is -2.41. The van der Waals surface area contributed by atoms with Crippen LogP contribution < -0.4 is 10.9 Å². The zero-order valence-corrected chi connectivity index (χ0v) is 18.0. The summed E-state index contributed by atoms with van der Waals surface area (Å²) in [6.45, 7) is 0. The van der Waals surface area contributed by atoms with Gasteiger partial charge in [-0.3, -0.25) is 20.4 Å². The highest BCUT2D eigenvalue weighted by Crippen LogP contribution is 2.15. The molecule has 31 heavy (non-hydrogen) atoms. The van der Waals surface area contributed by atoms with Crippen molar-refractivity contribution in [1.29, 1.82) is 0 Å². The molecule has 0 aliphatic heterocycles. The van der Waals surface area contributed by atoms with Crippen molar-refractivity contribution in [3.8, 4) is 5.69 Å². The van der Waals surface area contributed by atoms with Crippen molar-refractivity contribution in [1.82, 2.24) is 24.9 Å². The molecular weight excluding hydrogens is 418 g/mol. The molecule has 162 valence electrons. The lowest BCUT2D eigenvalue weighted by molar-refractivity contribution is -0.121. The number of hydrogen-bond donors (Lipinski definition) is 2. The van der Waals surface area contributed by atoms with E-state index in [-0.39, 0.29) is 22.8 Å². The second-order valence-electron chi connectivity index (χ2n) is 6.95. The number of aromatic nitrogens is 2. The van der Waals surface area contributed by atoms with E-state index in [2.05, 4.69) is 16.0 Å². The van der Waals surface area contributed by atoms with Crippen molar-refractivity contribution in [3.05, 3.63) is 78.1 Å². The molecule has 10 heteroatoms. The molecule has 0 fully saturated rings. The summed E-state index contributed by atoms with van der Waals surface area (Å²) in [4.78, 5) is 24.4. The standard InChI is InChI=1S/C21H23N5O4S/c1-25(2)31(29,30)19-10-6-7-17(13-19)21(28)24-23-20(27)12-11-16-14-22-26(15-16)18-8-4-3-5-9-18/h3-10,13-15H,11-12H2,1-2H3,(H,23,27)(H,24,28). The minimum Gasteiger partial charge on any atom is -0.273 e. The zero-order valence-electron chi connectivity index (χ0n) is 17.1. The molecule has 0 saturated heterocycles. The summed E-state index contributed by atoms with van der Waals surface area (Å²) in [5.74, 6) is -0.987. The van der Waals surface area contributed by atoms with Crippen molar-refractivity contribution in [2.75, 3.05) is 14.1 Å². The van der Waals surface area contributed by atoms with Crippen LogP contribution in [0.1, 0.15) is 22.3 Å². The van der Waals surface area contributed by atoms with Gasteiger partial charge in [0.15, 0.2) is 0 Å². The Labute approximate surface area is 180 Å². The summed E-state index contributed by atoms with van der Waals surface area (Å²) in [5, 5.41) is 4.28. The maximum absolute atomic E-state index is 12.3. The van der Waals surface area contributed by atoms with Crippen LogP contribution in [0.2, 0.25) is 0 Å². The molecule has 3 aromatic rings. The zero-order chi connectivity index (χ0) is 22.4. The third-order valence-electron chi connectivity index (χ3n) is 4.49. The van der Waals surface area contributed by atoms with Gasteiger partial charge in [-0.2, -0.15) is 5.10 Å². The molecule has 1 heterocycles. The van der Waals surface area contributed by atoms with Crippen molar-refractivity contribution in [2.45, 2.75) is 17.7 Å². The van der Waals surface area contributed by atoms with Gasteiger partial charge >= 0.3 is 0 Å². The first-order valence-corrected chi connectivity index (χ1v) is 10.9. The first kappa shape index (κ1) is 22.2. The van der Waals surface area contributed by atoms with Crippen LogP contribution in [0.3, 0.4) is 0 Å². The highest BCUT2D eigenvalue weighted by molar-refractivity contribution is 7.89. The Bertz CT molecular complexity index is 1170. The van der Waals surface area contributed by atoms with Gasteiger partial charge in [0.05, 0.1) is 16.8 Å². The highest BCUT2D eigenvalue weighted by Gasteiger charge is 2.19. The van der Waals surface area contributed by atoms with Crippen molar-refractivity contribution in [3.63, 3.8) is 0 Å². The molecule has 9 nitrogen and oxygen atoms in total. The van der Waals surface area contributed by atoms with Crippen LogP contribution in [0.25, 0.3) is 5.69 Å². The normalized spacial score (nSPS) is 11.3. The topological polar surface area (TPSA) is 113 Å². The fourth-order valence-electron chi connectivity index (χ4n) is 2.74. The van der Waals surface area contributed by atoms with E-state index < -0.39 is 15.9 Å². The molecule has 2 amide bonds. The van der Waals surface area contributed by atoms with Gasteiger partial charge in [0, 0.05) is 32.3 Å². The van der Waals surface area contributed by atoms with E-state index in [0.717, 1.165) is 15.6 Å². The summed E-state index contributed by atoms with van der Waals surface area (Å²) < 4.78 is 27.2. The van der Waals surface area contributed by atoms with Gasteiger partial charge in [-0.1, -0.05) is 24.3 Å². The van der Waals surface area contributed by atoms with Gasteiger partial charge in [0.25, 0.3) is 5.91 Å². The number of hydrazine groups is 1. The highest BCUT2D eigenvalue weighted by atomic mass is 32.2.